The lowest BCUT2D eigenvalue weighted by atomic mass is 10.3. The topological polar surface area (TPSA) is 115 Å². The van der Waals surface area contributed by atoms with Crippen molar-refractivity contribution in [1.29, 1.82) is 0 Å². The molecule has 25 heavy (non-hydrogen) atoms. The number of nitro benzene ring substituents is 1. The van der Waals surface area contributed by atoms with Gasteiger partial charge < -0.3 is 4.98 Å². The number of non-ortho nitro benzene ring substituents is 1. The Morgan fingerprint density at radius 1 is 1.20 bits per heavy atom. The van der Waals surface area contributed by atoms with Gasteiger partial charge in [-0.05, 0) is 28.6 Å². The highest BCUT2D eigenvalue weighted by atomic mass is 32.2. The van der Waals surface area contributed by atoms with Crippen molar-refractivity contribution in [3.8, 4) is 5.69 Å². The second-order valence-corrected chi connectivity index (χ2v) is 6.08. The van der Waals surface area contributed by atoms with Crippen molar-refractivity contribution in [2.24, 2.45) is 0 Å². The zero-order valence-corrected chi connectivity index (χ0v) is 13.6. The van der Waals surface area contributed by atoms with Gasteiger partial charge in [0.2, 0.25) is 5.16 Å². The molecule has 0 fully saturated rings. The molecule has 0 unspecified atom stereocenters. The van der Waals surface area contributed by atoms with Crippen molar-refractivity contribution in [1.82, 2.24) is 30.2 Å². The van der Waals surface area contributed by atoms with Crippen LogP contribution in [0, 0.1) is 10.1 Å². The van der Waals surface area contributed by atoms with Crippen molar-refractivity contribution in [3.63, 3.8) is 0 Å². The van der Waals surface area contributed by atoms with Crippen LogP contribution in [0.25, 0.3) is 16.7 Å². The molecule has 1 N–H and O–H groups in total. The van der Waals surface area contributed by atoms with Crippen LogP contribution in [0.2, 0.25) is 0 Å². The number of hydrogen-bond donors (Lipinski definition) is 1. The first kappa shape index (κ1) is 15.3. The number of para-hydroxylation sites is 1. The lowest BCUT2D eigenvalue weighted by Gasteiger charge is -2.02. The Kier molecular flexibility index (Phi) is 3.86. The number of hydrogen-bond acceptors (Lipinski definition) is 7. The Labute approximate surface area is 145 Å². The number of nitro groups is 1. The summed E-state index contributed by atoms with van der Waals surface area (Å²) in [6.45, 7) is 0. The van der Waals surface area contributed by atoms with Crippen LogP contribution in [0.4, 0.5) is 5.69 Å². The van der Waals surface area contributed by atoms with Crippen LogP contribution in [0.15, 0.2) is 53.7 Å². The predicted octanol–water partition coefficient (Wildman–Crippen LogP) is 2.74. The minimum Gasteiger partial charge on any atom is -0.341 e. The molecule has 0 saturated carbocycles. The molecule has 124 valence electrons. The Morgan fingerprint density at radius 3 is 2.84 bits per heavy atom. The van der Waals surface area contributed by atoms with Crippen LogP contribution >= 0.6 is 11.8 Å². The van der Waals surface area contributed by atoms with E-state index in [4.69, 9.17) is 0 Å². The van der Waals surface area contributed by atoms with Crippen molar-refractivity contribution < 1.29 is 4.92 Å². The van der Waals surface area contributed by atoms with Gasteiger partial charge in [-0.15, -0.1) is 5.10 Å². The molecule has 0 atom stereocenters. The molecule has 0 aliphatic carbocycles. The lowest BCUT2D eigenvalue weighted by molar-refractivity contribution is -0.384. The van der Waals surface area contributed by atoms with E-state index in [-0.39, 0.29) is 5.69 Å². The summed E-state index contributed by atoms with van der Waals surface area (Å²) in [7, 11) is 0. The number of aromatic amines is 1. The van der Waals surface area contributed by atoms with E-state index >= 15 is 0 Å². The number of aromatic nitrogens is 6. The number of nitrogens with zero attached hydrogens (tertiary/aromatic N) is 6. The predicted molar refractivity (Wildman–Crippen MR) is 91.5 cm³/mol. The number of imidazole rings is 1. The number of tetrazole rings is 1. The summed E-state index contributed by atoms with van der Waals surface area (Å²) < 4.78 is 1.65. The van der Waals surface area contributed by atoms with Crippen LogP contribution in [-0.2, 0) is 5.75 Å². The highest BCUT2D eigenvalue weighted by Crippen LogP contribution is 2.24. The third-order valence-corrected chi connectivity index (χ3v) is 4.44. The van der Waals surface area contributed by atoms with Crippen molar-refractivity contribution >= 4 is 28.5 Å². The van der Waals surface area contributed by atoms with Gasteiger partial charge in [0.25, 0.3) is 5.69 Å². The fraction of sp³-hybridized carbons (Fsp3) is 0.0667. The molecular weight excluding hydrogens is 342 g/mol. The number of nitrogens with one attached hydrogen (secondary N) is 1. The minimum atomic E-state index is -0.428. The fourth-order valence-corrected chi connectivity index (χ4v) is 3.13. The average Bonchev–Trinajstić information content (AvgIpc) is 3.26. The highest BCUT2D eigenvalue weighted by Gasteiger charge is 2.12. The van der Waals surface area contributed by atoms with E-state index in [1.54, 1.807) is 10.7 Å². The third-order valence-electron chi connectivity index (χ3n) is 3.50. The normalized spacial score (nSPS) is 11.0. The molecule has 0 aliphatic heterocycles. The summed E-state index contributed by atoms with van der Waals surface area (Å²) in [5.41, 5.74) is 2.22. The Hall–Kier alpha value is -3.27. The highest BCUT2D eigenvalue weighted by molar-refractivity contribution is 7.98. The van der Waals surface area contributed by atoms with E-state index in [0.29, 0.717) is 27.8 Å². The zero-order chi connectivity index (χ0) is 17.2. The second kappa shape index (κ2) is 6.32. The number of H-pyrrole nitrogens is 1. The third kappa shape index (κ3) is 3.06. The van der Waals surface area contributed by atoms with E-state index in [1.165, 1.54) is 23.9 Å². The molecule has 4 rings (SSSR count). The van der Waals surface area contributed by atoms with Crippen LogP contribution in [-0.4, -0.2) is 35.1 Å². The molecule has 0 amide bonds. The molecule has 2 heterocycles. The maximum absolute atomic E-state index is 10.8. The van der Waals surface area contributed by atoms with Gasteiger partial charge in [-0.1, -0.05) is 30.0 Å². The first-order valence-corrected chi connectivity index (χ1v) is 8.29. The monoisotopic (exact) mass is 353 g/mol. The quantitative estimate of drug-likeness (QED) is 0.333. The van der Waals surface area contributed by atoms with Gasteiger partial charge >= 0.3 is 0 Å². The molecule has 10 heteroatoms. The molecule has 0 aliphatic rings. The summed E-state index contributed by atoms with van der Waals surface area (Å²) in [6.07, 6.45) is 0. The molecular formula is C15H11N7O2S. The summed E-state index contributed by atoms with van der Waals surface area (Å²) >= 11 is 1.43. The summed E-state index contributed by atoms with van der Waals surface area (Å²) in [4.78, 5) is 18.0. The summed E-state index contributed by atoms with van der Waals surface area (Å²) in [5.74, 6) is 1.21. The molecule has 2 aromatic heterocycles. The molecule has 0 bridgehead atoms. The number of benzene rings is 2. The number of fused-ring (bicyclic) bond motifs is 1. The van der Waals surface area contributed by atoms with Crippen molar-refractivity contribution in [2.45, 2.75) is 10.9 Å². The zero-order valence-electron chi connectivity index (χ0n) is 12.7. The van der Waals surface area contributed by atoms with E-state index in [9.17, 15) is 10.1 Å². The minimum absolute atomic E-state index is 0.0309. The molecule has 4 aromatic rings. The second-order valence-electron chi connectivity index (χ2n) is 5.14. The van der Waals surface area contributed by atoms with Gasteiger partial charge in [-0.3, -0.25) is 10.1 Å². The van der Waals surface area contributed by atoms with Gasteiger partial charge in [0.15, 0.2) is 0 Å². The van der Waals surface area contributed by atoms with Gasteiger partial charge in [0, 0.05) is 12.1 Å². The standard InChI is InChI=1S/C15H11N7O2S/c23-22(24)11-6-7-12-13(8-11)17-14(16-12)9-25-15-18-19-20-21(15)10-4-2-1-3-5-10/h1-8H,9H2,(H,16,17). The van der Waals surface area contributed by atoms with Crippen LogP contribution in [0.3, 0.4) is 0 Å². The maximum Gasteiger partial charge on any atom is 0.271 e. The largest absolute Gasteiger partial charge is 0.341 e. The summed E-state index contributed by atoms with van der Waals surface area (Å²) in [5, 5.41) is 23.2. The van der Waals surface area contributed by atoms with E-state index in [0.717, 1.165) is 5.69 Å². The molecule has 9 nitrogen and oxygen atoms in total. The molecule has 0 spiro atoms. The first-order chi connectivity index (χ1) is 12.2. The molecule has 2 aromatic carbocycles. The van der Waals surface area contributed by atoms with E-state index in [1.807, 2.05) is 30.3 Å². The Bertz CT molecular complexity index is 1040. The van der Waals surface area contributed by atoms with Crippen LogP contribution in [0.5, 0.6) is 0 Å². The summed E-state index contributed by atoms with van der Waals surface area (Å²) in [6, 6.07) is 14.1. The Morgan fingerprint density at radius 2 is 2.04 bits per heavy atom. The fourth-order valence-electron chi connectivity index (χ4n) is 2.37. The maximum atomic E-state index is 10.8. The van der Waals surface area contributed by atoms with E-state index in [2.05, 4.69) is 25.5 Å². The van der Waals surface area contributed by atoms with Gasteiger partial charge in [-0.2, -0.15) is 4.68 Å². The lowest BCUT2D eigenvalue weighted by Crippen LogP contribution is -1.98. The van der Waals surface area contributed by atoms with Crippen LogP contribution < -0.4 is 0 Å². The molecule has 0 saturated heterocycles. The number of rotatable bonds is 5. The SMILES string of the molecule is O=[N+]([O-])c1ccc2nc(CSc3nnnn3-c3ccccc3)[nH]c2c1. The van der Waals surface area contributed by atoms with Gasteiger partial charge in [0.1, 0.15) is 5.82 Å². The van der Waals surface area contributed by atoms with Gasteiger partial charge in [0.05, 0.1) is 27.4 Å². The van der Waals surface area contributed by atoms with Crippen molar-refractivity contribution in [2.75, 3.05) is 0 Å². The first-order valence-electron chi connectivity index (χ1n) is 7.30. The van der Waals surface area contributed by atoms with Gasteiger partial charge in [-0.25, -0.2) is 4.98 Å². The van der Waals surface area contributed by atoms with Crippen molar-refractivity contribution in [3.05, 3.63) is 64.5 Å². The van der Waals surface area contributed by atoms with Crippen LogP contribution in [0.1, 0.15) is 5.82 Å². The molecule has 0 radical (unpaired) electrons. The number of thioether (sulfide) groups is 1. The average molecular weight is 353 g/mol. The Balaban J connectivity index is 1.55. The smallest absolute Gasteiger partial charge is 0.271 e. The van der Waals surface area contributed by atoms with E-state index < -0.39 is 4.92 Å².